The van der Waals surface area contributed by atoms with Gasteiger partial charge in [-0.3, -0.25) is 9.69 Å². The van der Waals surface area contributed by atoms with Crippen LogP contribution in [-0.2, 0) is 9.53 Å². The second kappa shape index (κ2) is 7.50. The normalized spacial score (nSPS) is 23.7. The lowest BCUT2D eigenvalue weighted by Crippen LogP contribution is -3.14. The van der Waals surface area contributed by atoms with E-state index in [1.807, 2.05) is 23.1 Å². The molecule has 0 unspecified atom stereocenters. The maximum absolute atomic E-state index is 13.2. The second-order valence-electron chi connectivity index (χ2n) is 7.16. The van der Waals surface area contributed by atoms with Crippen molar-refractivity contribution in [3.63, 3.8) is 0 Å². The number of carbonyl (C=O) groups is 2. The molecule has 7 nitrogen and oxygen atoms in total. The van der Waals surface area contributed by atoms with Gasteiger partial charge < -0.3 is 19.9 Å². The van der Waals surface area contributed by atoms with Gasteiger partial charge in [-0.25, -0.2) is 4.79 Å². The molecule has 3 aliphatic heterocycles. The molecule has 2 N–H and O–H groups in total. The van der Waals surface area contributed by atoms with Crippen LogP contribution in [0.1, 0.15) is 11.6 Å². The van der Waals surface area contributed by atoms with E-state index in [1.54, 1.807) is 18.0 Å². The third-order valence-corrected chi connectivity index (χ3v) is 5.93. The molecular weight excluding hydrogens is 368 g/mol. The number of morpholine rings is 1. The van der Waals surface area contributed by atoms with Crippen molar-refractivity contribution in [2.24, 2.45) is 0 Å². The molecule has 0 aliphatic carbocycles. The van der Waals surface area contributed by atoms with E-state index in [1.165, 1.54) is 4.90 Å². The Bertz CT molecular complexity index is 791. The molecule has 0 bridgehead atoms. The number of likely N-dealkylation sites (N-methyl/N-ethyl adjacent to an activating group) is 1. The Morgan fingerprint density at radius 2 is 2.00 bits per heavy atom. The van der Waals surface area contributed by atoms with Crippen LogP contribution in [0.5, 0.6) is 0 Å². The summed E-state index contributed by atoms with van der Waals surface area (Å²) in [5.41, 5.74) is 2.15. The van der Waals surface area contributed by atoms with E-state index in [9.17, 15) is 9.59 Å². The smallest absolute Gasteiger partial charge is 0.322 e. The number of halogens is 1. The van der Waals surface area contributed by atoms with Gasteiger partial charge in [-0.2, -0.15) is 0 Å². The van der Waals surface area contributed by atoms with E-state index in [0.717, 1.165) is 44.1 Å². The first-order valence-corrected chi connectivity index (χ1v) is 9.66. The largest absolute Gasteiger partial charge is 0.370 e. The average molecular weight is 392 g/mol. The highest BCUT2D eigenvalue weighted by Gasteiger charge is 2.43. The molecule has 0 aromatic heterocycles. The van der Waals surface area contributed by atoms with Crippen molar-refractivity contribution in [3.8, 4) is 0 Å². The summed E-state index contributed by atoms with van der Waals surface area (Å²) in [5, 5.41) is 3.47. The number of hydrogen-bond donors (Lipinski definition) is 2. The van der Waals surface area contributed by atoms with E-state index >= 15 is 0 Å². The molecule has 3 aliphatic rings. The molecule has 0 spiro atoms. The lowest BCUT2D eigenvalue weighted by molar-refractivity contribution is -0.907. The molecule has 3 heterocycles. The summed E-state index contributed by atoms with van der Waals surface area (Å²) in [6.45, 7) is 5.50. The number of ether oxygens (including phenoxy) is 1. The molecule has 1 fully saturated rings. The van der Waals surface area contributed by atoms with Gasteiger partial charge in [0.1, 0.15) is 13.1 Å². The van der Waals surface area contributed by atoms with Crippen LogP contribution >= 0.6 is 11.6 Å². The van der Waals surface area contributed by atoms with Gasteiger partial charge in [0.25, 0.3) is 5.91 Å². The number of hydrogen-bond acceptors (Lipinski definition) is 3. The topological polar surface area (TPSA) is 66.3 Å². The molecular formula is C19H24ClN4O3+. The van der Waals surface area contributed by atoms with Gasteiger partial charge in [0.2, 0.25) is 0 Å². The molecule has 0 saturated carbocycles. The van der Waals surface area contributed by atoms with E-state index < -0.39 is 6.04 Å². The van der Waals surface area contributed by atoms with Crippen LogP contribution in [0, 0.1) is 0 Å². The van der Waals surface area contributed by atoms with Gasteiger partial charge in [0.05, 0.1) is 50.2 Å². The molecule has 27 heavy (non-hydrogen) atoms. The van der Waals surface area contributed by atoms with E-state index in [-0.39, 0.29) is 11.9 Å². The number of carbonyl (C=O) groups excluding carboxylic acids is 2. The minimum Gasteiger partial charge on any atom is -0.370 e. The third kappa shape index (κ3) is 3.42. The molecule has 1 saturated heterocycles. The predicted molar refractivity (Wildman–Crippen MR) is 100 cm³/mol. The van der Waals surface area contributed by atoms with Gasteiger partial charge in [-0.05, 0) is 11.6 Å². The molecule has 4 rings (SSSR count). The number of rotatable bonds is 4. The molecule has 0 radical (unpaired) electrons. The second-order valence-corrected chi connectivity index (χ2v) is 7.57. The van der Waals surface area contributed by atoms with Crippen LogP contribution in [0.4, 0.5) is 4.79 Å². The van der Waals surface area contributed by atoms with Gasteiger partial charge in [0, 0.05) is 12.1 Å². The quantitative estimate of drug-likeness (QED) is 0.762. The Balaban J connectivity index is 1.56. The van der Waals surface area contributed by atoms with Gasteiger partial charge in [-0.15, -0.1) is 0 Å². The van der Waals surface area contributed by atoms with Crippen molar-refractivity contribution >= 4 is 23.5 Å². The summed E-state index contributed by atoms with van der Waals surface area (Å²) in [6, 6.07) is 6.62. The number of amides is 3. The zero-order valence-corrected chi connectivity index (χ0v) is 16.1. The fourth-order valence-electron chi connectivity index (χ4n) is 3.95. The van der Waals surface area contributed by atoms with Gasteiger partial charge in [0.15, 0.2) is 0 Å². The van der Waals surface area contributed by atoms with Crippen LogP contribution in [0.15, 0.2) is 35.5 Å². The van der Waals surface area contributed by atoms with Crippen molar-refractivity contribution in [2.45, 2.75) is 6.04 Å². The third-order valence-electron chi connectivity index (χ3n) is 5.59. The SMILES string of the molecule is CN1C(=O)N[C@H](c2ccccc2Cl)C2=C1CN(CC[NH+]1CCOCC1)C2=O. The van der Waals surface area contributed by atoms with Crippen molar-refractivity contribution in [1.29, 1.82) is 0 Å². The maximum atomic E-state index is 13.2. The fourth-order valence-corrected chi connectivity index (χ4v) is 4.19. The lowest BCUT2D eigenvalue weighted by Gasteiger charge is -2.31. The highest BCUT2D eigenvalue weighted by Crippen LogP contribution is 2.37. The first-order chi connectivity index (χ1) is 13.1. The Kier molecular flexibility index (Phi) is 5.08. The number of benzene rings is 1. The molecule has 1 aromatic rings. The minimum absolute atomic E-state index is 0.0190. The Morgan fingerprint density at radius 1 is 1.26 bits per heavy atom. The van der Waals surface area contributed by atoms with E-state index in [4.69, 9.17) is 16.3 Å². The summed E-state index contributed by atoms with van der Waals surface area (Å²) in [6.07, 6.45) is 0. The summed E-state index contributed by atoms with van der Waals surface area (Å²) in [4.78, 5) is 30.4. The minimum atomic E-state index is -0.509. The predicted octanol–water partition coefficient (Wildman–Crippen LogP) is 0.0475. The van der Waals surface area contributed by atoms with Crippen molar-refractivity contribution in [2.75, 3.05) is 53.0 Å². The van der Waals surface area contributed by atoms with Gasteiger partial charge in [-0.1, -0.05) is 29.8 Å². The van der Waals surface area contributed by atoms with Crippen molar-refractivity contribution < 1.29 is 19.2 Å². The number of nitrogens with zero attached hydrogens (tertiary/aromatic N) is 2. The van der Waals surface area contributed by atoms with E-state index in [2.05, 4.69) is 5.32 Å². The number of quaternary nitrogens is 1. The standard InChI is InChI=1S/C19H23ClN4O3/c1-22-15-12-24(7-6-23-8-10-27-11-9-23)18(25)16(15)17(21-19(22)26)13-4-2-3-5-14(13)20/h2-5,17H,6-12H2,1H3,(H,21,26)/p+1/t17-/m1/s1. The van der Waals surface area contributed by atoms with E-state index in [0.29, 0.717) is 23.7 Å². The monoisotopic (exact) mass is 391 g/mol. The Labute approximate surface area is 163 Å². The highest BCUT2D eigenvalue weighted by molar-refractivity contribution is 6.31. The highest BCUT2D eigenvalue weighted by atomic mass is 35.5. The van der Waals surface area contributed by atoms with Crippen LogP contribution in [-0.4, -0.2) is 74.7 Å². The summed E-state index contributed by atoms with van der Waals surface area (Å²) in [5.74, 6) is -0.0190. The lowest BCUT2D eigenvalue weighted by atomic mass is 9.96. The molecule has 144 valence electrons. The Morgan fingerprint density at radius 3 is 2.74 bits per heavy atom. The van der Waals surface area contributed by atoms with Crippen LogP contribution in [0.25, 0.3) is 0 Å². The summed E-state index contributed by atoms with van der Waals surface area (Å²) < 4.78 is 5.40. The fraction of sp³-hybridized carbons (Fsp3) is 0.474. The molecule has 8 heteroatoms. The van der Waals surface area contributed by atoms with Crippen LogP contribution in [0.2, 0.25) is 5.02 Å². The number of nitrogens with one attached hydrogen (secondary N) is 2. The zero-order chi connectivity index (χ0) is 19.0. The molecule has 1 atom stereocenters. The average Bonchev–Trinajstić information content (AvgIpc) is 3.01. The van der Waals surface area contributed by atoms with Crippen LogP contribution < -0.4 is 10.2 Å². The number of urea groups is 1. The van der Waals surface area contributed by atoms with Crippen molar-refractivity contribution in [1.82, 2.24) is 15.1 Å². The Hall–Kier alpha value is -2.09. The van der Waals surface area contributed by atoms with Gasteiger partial charge >= 0.3 is 6.03 Å². The van der Waals surface area contributed by atoms with Crippen LogP contribution in [0.3, 0.4) is 0 Å². The van der Waals surface area contributed by atoms with Crippen molar-refractivity contribution in [3.05, 3.63) is 46.1 Å². The first-order valence-electron chi connectivity index (χ1n) is 9.28. The first kappa shape index (κ1) is 18.3. The maximum Gasteiger partial charge on any atom is 0.322 e. The zero-order valence-electron chi connectivity index (χ0n) is 15.3. The molecule has 3 amide bonds. The molecule has 1 aromatic carbocycles. The summed E-state index contributed by atoms with van der Waals surface area (Å²) in [7, 11) is 1.71. The summed E-state index contributed by atoms with van der Waals surface area (Å²) >= 11 is 6.35.